The van der Waals surface area contributed by atoms with Gasteiger partial charge in [-0.2, -0.15) is 0 Å². The highest BCUT2D eigenvalue weighted by Gasteiger charge is 2.12. The fourth-order valence-electron chi connectivity index (χ4n) is 3.23. The van der Waals surface area contributed by atoms with Crippen LogP contribution < -0.4 is 4.74 Å². The number of hydrogen-bond acceptors (Lipinski definition) is 3. The van der Waals surface area contributed by atoms with E-state index in [1.165, 1.54) is 24.3 Å². The fraction of sp³-hybridized carbons (Fsp3) is 0.0800. The molecule has 0 aliphatic rings. The Kier molecular flexibility index (Phi) is 5.67. The Bertz CT molecular complexity index is 1310. The molecule has 0 aliphatic carbocycles. The Morgan fingerprint density at radius 2 is 1.77 bits per heavy atom. The molecule has 31 heavy (non-hydrogen) atoms. The second kappa shape index (κ2) is 8.72. The first-order valence-electron chi connectivity index (χ1n) is 9.50. The van der Waals surface area contributed by atoms with Crippen molar-refractivity contribution in [3.8, 4) is 11.5 Å². The van der Waals surface area contributed by atoms with Gasteiger partial charge < -0.3 is 4.74 Å². The monoisotopic (exact) mass is 414 g/mol. The van der Waals surface area contributed by atoms with Crippen LogP contribution >= 0.6 is 0 Å². The van der Waals surface area contributed by atoms with Crippen molar-refractivity contribution in [2.75, 3.05) is 0 Å². The van der Waals surface area contributed by atoms with E-state index in [1.54, 1.807) is 48.7 Å². The van der Waals surface area contributed by atoms with Gasteiger partial charge in [0.05, 0.1) is 12.1 Å². The third-order valence-corrected chi connectivity index (χ3v) is 4.77. The Morgan fingerprint density at radius 3 is 2.52 bits per heavy atom. The van der Waals surface area contributed by atoms with E-state index in [9.17, 15) is 13.6 Å². The highest BCUT2D eigenvalue weighted by Crippen LogP contribution is 2.32. The number of fused-ring (bicyclic) bond motifs is 1. The molecular weight excluding hydrogens is 398 g/mol. The van der Waals surface area contributed by atoms with Gasteiger partial charge in [-0.3, -0.25) is 9.78 Å². The molecule has 0 aliphatic heterocycles. The van der Waals surface area contributed by atoms with Crippen LogP contribution in [-0.2, 0) is 17.6 Å². The summed E-state index contributed by atoms with van der Waals surface area (Å²) in [5.74, 6) is -0.371. The zero-order valence-corrected chi connectivity index (χ0v) is 16.3. The van der Waals surface area contributed by atoms with E-state index in [1.807, 2.05) is 0 Å². The number of benzene rings is 3. The lowest BCUT2D eigenvalue weighted by Gasteiger charge is -2.10. The van der Waals surface area contributed by atoms with Gasteiger partial charge >= 0.3 is 0 Å². The average Bonchev–Trinajstić information content (AvgIpc) is 2.77. The van der Waals surface area contributed by atoms with E-state index < -0.39 is 5.82 Å². The number of carbonyl (C=O) groups excluding carboxylic acids is 1. The van der Waals surface area contributed by atoms with Gasteiger partial charge in [0.15, 0.2) is 5.69 Å². The fourth-order valence-corrected chi connectivity index (χ4v) is 3.23. The van der Waals surface area contributed by atoms with Crippen LogP contribution in [0.15, 0.2) is 72.9 Å². The van der Waals surface area contributed by atoms with E-state index in [2.05, 4.69) is 9.83 Å². The number of Topliss-reactive ketones (excluding diaryl/α,β-unsaturated/α-hetero) is 1. The molecule has 1 heterocycles. The molecule has 0 bridgehead atoms. The molecule has 0 amide bonds. The lowest BCUT2D eigenvalue weighted by atomic mass is 10.0. The highest BCUT2D eigenvalue weighted by atomic mass is 19.1. The normalized spacial score (nSPS) is 10.6. The van der Waals surface area contributed by atoms with E-state index in [0.29, 0.717) is 27.9 Å². The summed E-state index contributed by atoms with van der Waals surface area (Å²) >= 11 is 0. The molecule has 0 N–H and O–H groups in total. The molecular formula is C25H16F2N2O2. The largest absolute Gasteiger partial charge is 0.457 e. The molecule has 6 heteroatoms. The molecule has 4 rings (SSSR count). The van der Waals surface area contributed by atoms with Crippen molar-refractivity contribution in [3.05, 3.63) is 107 Å². The van der Waals surface area contributed by atoms with Gasteiger partial charge in [-0.05, 0) is 47.5 Å². The number of halogens is 2. The van der Waals surface area contributed by atoms with Gasteiger partial charge in [-0.1, -0.05) is 24.3 Å². The zero-order chi connectivity index (χ0) is 21.8. The standard InChI is InChI=1S/C25H16F2N2O2/c1-28-19-7-9-24-22(14-19)25(10-11-29-24)31-21-8-4-17(23(27)15-21)13-20(30)12-16-2-5-18(26)6-3-16/h2-11,14-15H,12-13H2. The first kappa shape index (κ1) is 20.2. The van der Waals surface area contributed by atoms with Gasteiger partial charge in [0.2, 0.25) is 0 Å². The minimum atomic E-state index is -0.551. The summed E-state index contributed by atoms with van der Waals surface area (Å²) in [7, 11) is 0. The molecule has 0 unspecified atom stereocenters. The van der Waals surface area contributed by atoms with Gasteiger partial charge in [0.1, 0.15) is 28.9 Å². The minimum absolute atomic E-state index is 0.0734. The molecule has 4 aromatic rings. The number of carbonyl (C=O) groups is 1. The van der Waals surface area contributed by atoms with E-state index in [0.717, 1.165) is 0 Å². The van der Waals surface area contributed by atoms with E-state index in [-0.39, 0.29) is 35.8 Å². The predicted octanol–water partition coefficient (Wildman–Crippen LogP) is 6.21. The molecule has 152 valence electrons. The Balaban J connectivity index is 1.50. The van der Waals surface area contributed by atoms with Crippen molar-refractivity contribution in [1.29, 1.82) is 0 Å². The first-order chi connectivity index (χ1) is 15.0. The maximum Gasteiger partial charge on any atom is 0.188 e. The Morgan fingerprint density at radius 1 is 0.968 bits per heavy atom. The summed E-state index contributed by atoms with van der Waals surface area (Å²) in [5.41, 5.74) is 2.05. The highest BCUT2D eigenvalue weighted by molar-refractivity contribution is 5.88. The molecule has 3 aromatic carbocycles. The number of pyridine rings is 1. The summed E-state index contributed by atoms with van der Waals surface area (Å²) in [6.07, 6.45) is 1.61. The van der Waals surface area contributed by atoms with Gasteiger partial charge in [-0.15, -0.1) is 0 Å². The minimum Gasteiger partial charge on any atom is -0.457 e. The second-order valence-corrected chi connectivity index (χ2v) is 7.00. The zero-order valence-electron chi connectivity index (χ0n) is 16.3. The summed E-state index contributed by atoms with van der Waals surface area (Å²) < 4.78 is 33.4. The Labute approximate surface area is 177 Å². The number of hydrogen-bond donors (Lipinski definition) is 0. The van der Waals surface area contributed by atoms with E-state index in [4.69, 9.17) is 11.3 Å². The van der Waals surface area contributed by atoms with E-state index >= 15 is 0 Å². The molecule has 0 radical (unpaired) electrons. The van der Waals surface area contributed by atoms with Crippen LogP contribution in [0.4, 0.5) is 14.5 Å². The lowest BCUT2D eigenvalue weighted by molar-refractivity contribution is -0.117. The topological polar surface area (TPSA) is 43.5 Å². The second-order valence-electron chi connectivity index (χ2n) is 7.00. The van der Waals surface area contributed by atoms with Crippen LogP contribution in [0.2, 0.25) is 0 Å². The number of ketones is 1. The van der Waals surface area contributed by atoms with Crippen molar-refractivity contribution in [1.82, 2.24) is 4.98 Å². The van der Waals surface area contributed by atoms with Crippen molar-refractivity contribution < 1.29 is 18.3 Å². The molecule has 4 nitrogen and oxygen atoms in total. The van der Waals surface area contributed by atoms with Crippen LogP contribution in [0.1, 0.15) is 11.1 Å². The summed E-state index contributed by atoms with van der Waals surface area (Å²) in [5, 5.41) is 0.648. The quantitative estimate of drug-likeness (QED) is 0.352. The molecule has 0 spiro atoms. The average molecular weight is 414 g/mol. The number of rotatable bonds is 6. The van der Waals surface area contributed by atoms with Crippen LogP contribution in [0, 0.1) is 18.2 Å². The molecule has 0 saturated carbocycles. The van der Waals surface area contributed by atoms with Gasteiger partial charge in [0.25, 0.3) is 0 Å². The number of aromatic nitrogens is 1. The molecule has 1 aromatic heterocycles. The SMILES string of the molecule is [C-]#[N+]c1ccc2nccc(Oc3ccc(CC(=O)Cc4ccc(F)cc4)c(F)c3)c2c1. The van der Waals surface area contributed by atoms with Gasteiger partial charge in [0, 0.05) is 30.5 Å². The summed E-state index contributed by atoms with van der Waals surface area (Å²) in [6.45, 7) is 7.17. The number of ether oxygens (including phenoxy) is 1. The molecule has 0 fully saturated rings. The van der Waals surface area contributed by atoms with Crippen LogP contribution in [-0.4, -0.2) is 10.8 Å². The van der Waals surface area contributed by atoms with Crippen LogP contribution in [0.3, 0.4) is 0 Å². The Hall–Kier alpha value is -4.11. The maximum absolute atomic E-state index is 14.6. The summed E-state index contributed by atoms with van der Waals surface area (Å²) in [4.78, 5) is 19.9. The van der Waals surface area contributed by atoms with Crippen molar-refractivity contribution in [3.63, 3.8) is 0 Å². The van der Waals surface area contributed by atoms with Crippen molar-refractivity contribution >= 4 is 22.4 Å². The molecule has 0 saturated heterocycles. The third kappa shape index (κ3) is 4.73. The lowest BCUT2D eigenvalue weighted by Crippen LogP contribution is -2.08. The predicted molar refractivity (Wildman–Crippen MR) is 113 cm³/mol. The first-order valence-corrected chi connectivity index (χ1v) is 9.50. The maximum atomic E-state index is 14.6. The van der Waals surface area contributed by atoms with Crippen molar-refractivity contribution in [2.24, 2.45) is 0 Å². The molecule has 0 atom stereocenters. The van der Waals surface area contributed by atoms with Crippen molar-refractivity contribution in [2.45, 2.75) is 12.8 Å². The summed E-state index contributed by atoms with van der Waals surface area (Å²) in [6, 6.07) is 16.7. The van der Waals surface area contributed by atoms with Crippen LogP contribution in [0.5, 0.6) is 11.5 Å². The third-order valence-electron chi connectivity index (χ3n) is 4.77. The van der Waals surface area contributed by atoms with Crippen LogP contribution in [0.25, 0.3) is 15.7 Å². The van der Waals surface area contributed by atoms with Gasteiger partial charge in [-0.25, -0.2) is 13.6 Å². The smallest absolute Gasteiger partial charge is 0.188 e. The number of nitrogens with zero attached hydrogens (tertiary/aromatic N) is 2.